The second kappa shape index (κ2) is 3.66. The minimum Gasteiger partial charge on any atom is -0.264 e. The monoisotopic (exact) mass is 230 g/mol. The fourth-order valence-electron chi connectivity index (χ4n) is 2.31. The maximum atomic E-state index is 4.65. The summed E-state index contributed by atoms with van der Waals surface area (Å²) in [5.74, 6) is 0.382. The van der Waals surface area contributed by atoms with Crippen molar-refractivity contribution in [3.8, 4) is 0 Å². The van der Waals surface area contributed by atoms with Gasteiger partial charge in [0.25, 0.3) is 0 Å². The van der Waals surface area contributed by atoms with E-state index in [-0.39, 0.29) is 10.8 Å². The molecule has 0 fully saturated rings. The van der Waals surface area contributed by atoms with Gasteiger partial charge in [0.2, 0.25) is 0 Å². The summed E-state index contributed by atoms with van der Waals surface area (Å²) >= 11 is 0. The molecule has 0 aromatic carbocycles. The molecule has 92 valence electrons. The average molecular weight is 230 g/mol. The highest BCUT2D eigenvalue weighted by Gasteiger charge is 2.33. The molecule has 1 aromatic heterocycles. The maximum absolute atomic E-state index is 4.65. The number of fused-ring (bicyclic) bond motifs is 1. The molecule has 0 bridgehead atoms. The fraction of sp³-hybridized carbons (Fsp3) is 0.600. The minimum atomic E-state index is 0.0997. The first-order valence-corrected chi connectivity index (χ1v) is 6.24. The van der Waals surface area contributed by atoms with Gasteiger partial charge >= 0.3 is 0 Å². The van der Waals surface area contributed by atoms with Crippen molar-refractivity contribution in [3.63, 3.8) is 0 Å². The lowest BCUT2D eigenvalue weighted by Gasteiger charge is -2.26. The van der Waals surface area contributed by atoms with Gasteiger partial charge in [-0.25, -0.2) is 0 Å². The van der Waals surface area contributed by atoms with Gasteiger partial charge in [0.15, 0.2) is 0 Å². The number of hydrogen-bond acceptors (Lipinski definition) is 2. The van der Waals surface area contributed by atoms with Gasteiger partial charge in [0.1, 0.15) is 0 Å². The van der Waals surface area contributed by atoms with Crippen molar-refractivity contribution >= 4 is 11.9 Å². The highest BCUT2D eigenvalue weighted by Crippen LogP contribution is 2.45. The van der Waals surface area contributed by atoms with Crippen LogP contribution < -0.4 is 0 Å². The van der Waals surface area contributed by atoms with Crippen molar-refractivity contribution in [1.82, 2.24) is 4.98 Å². The predicted molar refractivity (Wildman–Crippen MR) is 73.3 cm³/mol. The molecule has 1 aliphatic heterocycles. The second-order valence-electron chi connectivity index (χ2n) is 7.00. The van der Waals surface area contributed by atoms with Crippen LogP contribution in [-0.2, 0) is 5.41 Å². The molecule has 2 heteroatoms. The van der Waals surface area contributed by atoms with E-state index >= 15 is 0 Å². The molecular weight excluding hydrogens is 208 g/mol. The summed E-state index contributed by atoms with van der Waals surface area (Å²) in [4.78, 5) is 9.06. The van der Waals surface area contributed by atoms with Gasteiger partial charge in [-0.2, -0.15) is 0 Å². The van der Waals surface area contributed by atoms with Crippen molar-refractivity contribution < 1.29 is 0 Å². The van der Waals surface area contributed by atoms with E-state index in [1.54, 1.807) is 0 Å². The van der Waals surface area contributed by atoms with Crippen molar-refractivity contribution in [3.05, 3.63) is 23.5 Å². The van der Waals surface area contributed by atoms with Crippen LogP contribution in [0.15, 0.2) is 17.4 Å². The molecule has 0 radical (unpaired) electrons. The Bertz CT molecular complexity index is 459. The molecule has 0 aliphatic carbocycles. The Balaban J connectivity index is 2.55. The van der Waals surface area contributed by atoms with Gasteiger partial charge in [-0.1, -0.05) is 41.5 Å². The van der Waals surface area contributed by atoms with Crippen LogP contribution in [0.25, 0.3) is 0 Å². The van der Waals surface area contributed by atoms with E-state index in [9.17, 15) is 0 Å². The molecule has 0 saturated carbocycles. The van der Waals surface area contributed by atoms with Crippen LogP contribution in [0.2, 0.25) is 0 Å². The SMILES string of the molecule is CC(C)(C)c1cncc2c1N=CC2C(C)(C)C. The lowest BCUT2D eigenvalue weighted by atomic mass is 9.77. The van der Waals surface area contributed by atoms with Gasteiger partial charge in [0.05, 0.1) is 5.69 Å². The third-order valence-corrected chi connectivity index (χ3v) is 3.37. The number of hydrogen-bond donors (Lipinski definition) is 0. The predicted octanol–water partition coefficient (Wildman–Crippen LogP) is 4.22. The molecule has 0 spiro atoms. The van der Waals surface area contributed by atoms with Crippen LogP contribution in [-0.4, -0.2) is 11.2 Å². The lowest BCUT2D eigenvalue weighted by molar-refractivity contribution is 0.390. The molecule has 0 N–H and O–H groups in total. The number of aromatic nitrogens is 1. The molecule has 1 aliphatic rings. The number of nitrogens with zero attached hydrogens (tertiary/aromatic N) is 2. The molecule has 1 unspecified atom stereocenters. The molecule has 1 aromatic rings. The highest BCUT2D eigenvalue weighted by atomic mass is 14.8. The first-order chi connectivity index (χ1) is 7.71. The Kier molecular flexibility index (Phi) is 2.64. The molecule has 0 saturated heterocycles. The Hall–Kier alpha value is -1.18. The third-order valence-electron chi connectivity index (χ3n) is 3.37. The molecule has 2 heterocycles. The number of pyridine rings is 1. The van der Waals surface area contributed by atoms with Crippen molar-refractivity contribution in [1.29, 1.82) is 0 Å². The fourth-order valence-corrected chi connectivity index (χ4v) is 2.31. The molecule has 0 amide bonds. The summed E-state index contributed by atoms with van der Waals surface area (Å²) < 4.78 is 0. The van der Waals surface area contributed by atoms with Crippen LogP contribution in [0.3, 0.4) is 0 Å². The van der Waals surface area contributed by atoms with Gasteiger partial charge in [-0.05, 0) is 10.8 Å². The van der Waals surface area contributed by atoms with Crippen LogP contribution in [0.1, 0.15) is 58.6 Å². The van der Waals surface area contributed by atoms with Gasteiger partial charge in [-0.3, -0.25) is 9.98 Å². The summed E-state index contributed by atoms with van der Waals surface area (Å²) in [6, 6.07) is 0. The first-order valence-electron chi connectivity index (χ1n) is 6.24. The average Bonchev–Trinajstić information content (AvgIpc) is 2.57. The van der Waals surface area contributed by atoms with Crippen molar-refractivity contribution in [2.24, 2.45) is 10.4 Å². The molecule has 2 nitrogen and oxygen atoms in total. The largest absolute Gasteiger partial charge is 0.264 e. The quantitative estimate of drug-likeness (QED) is 0.655. The molecule has 1 atom stereocenters. The Labute approximate surface area is 104 Å². The van der Waals surface area contributed by atoms with Crippen molar-refractivity contribution in [2.75, 3.05) is 0 Å². The van der Waals surface area contributed by atoms with Gasteiger partial charge in [-0.15, -0.1) is 0 Å². The summed E-state index contributed by atoms with van der Waals surface area (Å²) in [5.41, 5.74) is 3.98. The van der Waals surface area contributed by atoms with Crippen LogP contribution in [0.5, 0.6) is 0 Å². The zero-order chi connectivity index (χ0) is 12.8. The summed E-state index contributed by atoms with van der Waals surface area (Å²) in [6.45, 7) is 13.4. The smallest absolute Gasteiger partial charge is 0.0732 e. The molecular formula is C15H22N2. The molecule has 17 heavy (non-hydrogen) atoms. The summed E-state index contributed by atoms with van der Waals surface area (Å²) in [6.07, 6.45) is 6.02. The number of rotatable bonds is 0. The van der Waals surface area contributed by atoms with Crippen LogP contribution >= 0.6 is 0 Å². The Morgan fingerprint density at radius 3 is 2.18 bits per heavy atom. The summed E-state index contributed by atoms with van der Waals surface area (Å²) in [5, 5.41) is 0. The normalized spacial score (nSPS) is 19.5. The van der Waals surface area contributed by atoms with E-state index in [4.69, 9.17) is 0 Å². The van der Waals surface area contributed by atoms with E-state index in [1.165, 1.54) is 11.1 Å². The first kappa shape index (κ1) is 12.3. The van der Waals surface area contributed by atoms with Gasteiger partial charge < -0.3 is 0 Å². The maximum Gasteiger partial charge on any atom is 0.0732 e. The Morgan fingerprint density at radius 1 is 1.00 bits per heavy atom. The van der Waals surface area contributed by atoms with Crippen LogP contribution in [0.4, 0.5) is 5.69 Å². The molecule has 2 rings (SSSR count). The second-order valence-corrected chi connectivity index (χ2v) is 7.00. The van der Waals surface area contributed by atoms with E-state index in [1.807, 2.05) is 12.4 Å². The van der Waals surface area contributed by atoms with Crippen LogP contribution in [0, 0.1) is 5.41 Å². The number of aliphatic imine (C=N–C) groups is 1. The highest BCUT2D eigenvalue weighted by molar-refractivity contribution is 5.82. The third kappa shape index (κ3) is 2.13. The standard InChI is InChI=1S/C15H22N2/c1-14(2,3)11-9-17-13-10(11)7-16-8-12(13)15(4,5)6/h7-9,11H,1-6H3. The zero-order valence-electron chi connectivity index (χ0n) is 11.7. The minimum absolute atomic E-state index is 0.0997. The van der Waals surface area contributed by atoms with E-state index in [0.29, 0.717) is 5.92 Å². The van der Waals surface area contributed by atoms with E-state index < -0.39 is 0 Å². The van der Waals surface area contributed by atoms with E-state index in [0.717, 1.165) is 5.69 Å². The van der Waals surface area contributed by atoms with Gasteiger partial charge in [0, 0.05) is 35.7 Å². The summed E-state index contributed by atoms with van der Waals surface area (Å²) in [7, 11) is 0. The zero-order valence-corrected chi connectivity index (χ0v) is 11.7. The van der Waals surface area contributed by atoms with E-state index in [2.05, 4.69) is 57.7 Å². The topological polar surface area (TPSA) is 25.2 Å². The Morgan fingerprint density at radius 2 is 1.65 bits per heavy atom. The lowest BCUT2D eigenvalue weighted by Crippen LogP contribution is -2.18. The van der Waals surface area contributed by atoms with Crippen molar-refractivity contribution in [2.45, 2.75) is 52.9 Å².